The van der Waals surface area contributed by atoms with Gasteiger partial charge in [-0.25, -0.2) is 19.5 Å². The van der Waals surface area contributed by atoms with Crippen LogP contribution in [0.3, 0.4) is 0 Å². The van der Waals surface area contributed by atoms with Gasteiger partial charge in [-0.2, -0.15) is 31.4 Å². The summed E-state index contributed by atoms with van der Waals surface area (Å²) in [6.07, 6.45) is -4.54. The van der Waals surface area contributed by atoms with E-state index in [4.69, 9.17) is 0 Å². The van der Waals surface area contributed by atoms with Crippen LogP contribution < -0.4 is 16.0 Å². The fourth-order valence-electron chi connectivity index (χ4n) is 5.36. The second-order valence-electron chi connectivity index (χ2n) is 10.3. The van der Waals surface area contributed by atoms with Crippen LogP contribution in [0.5, 0.6) is 0 Å². The molecule has 1 saturated heterocycles. The molecular weight excluding hydrogens is 573 g/mol. The molecule has 0 aliphatic carbocycles. The lowest BCUT2D eigenvalue weighted by Gasteiger charge is -2.28. The Morgan fingerprint density at radius 1 is 1.02 bits per heavy atom. The maximum Gasteiger partial charge on any atom is 0.423 e. The van der Waals surface area contributed by atoms with Crippen molar-refractivity contribution in [2.75, 3.05) is 11.4 Å². The number of benzene rings is 1. The molecule has 0 unspecified atom stereocenters. The summed E-state index contributed by atoms with van der Waals surface area (Å²) >= 11 is 0. The third kappa shape index (κ3) is 5.72. The van der Waals surface area contributed by atoms with Gasteiger partial charge in [-0.15, -0.1) is 0 Å². The number of halogens is 7. The Balaban J connectivity index is 1.34. The number of aryl methyl sites for hydroxylation is 1. The lowest BCUT2D eigenvalue weighted by atomic mass is 10.0. The van der Waals surface area contributed by atoms with Crippen LogP contribution in [0.15, 0.2) is 52.6 Å². The molecule has 8 nitrogen and oxygen atoms in total. The van der Waals surface area contributed by atoms with Crippen molar-refractivity contribution in [3.63, 3.8) is 0 Å². The van der Waals surface area contributed by atoms with E-state index in [-0.39, 0.29) is 41.0 Å². The number of fused-ring (bicyclic) bond motifs is 1. The number of alkyl halides is 6. The summed E-state index contributed by atoms with van der Waals surface area (Å²) < 4.78 is 95.7. The zero-order valence-electron chi connectivity index (χ0n) is 21.9. The first-order valence-electron chi connectivity index (χ1n) is 12.9. The molecule has 4 aromatic rings. The number of pyridine rings is 1. The summed E-state index contributed by atoms with van der Waals surface area (Å²) in [6, 6.07) is 3.48. The minimum absolute atomic E-state index is 0.0335. The minimum atomic E-state index is -4.87. The second-order valence-corrected chi connectivity index (χ2v) is 10.3. The lowest BCUT2D eigenvalue weighted by molar-refractivity contribution is -0.139. The molecule has 4 heterocycles. The van der Waals surface area contributed by atoms with Crippen LogP contribution in [0.25, 0.3) is 22.2 Å². The Labute approximate surface area is 232 Å². The summed E-state index contributed by atoms with van der Waals surface area (Å²) in [5, 5.41) is 5.77. The first kappa shape index (κ1) is 29.2. The highest BCUT2D eigenvalue weighted by Gasteiger charge is 2.41. The van der Waals surface area contributed by atoms with E-state index in [9.17, 15) is 40.3 Å². The summed E-state index contributed by atoms with van der Waals surface area (Å²) in [5.74, 6) is -1.10. The summed E-state index contributed by atoms with van der Waals surface area (Å²) in [6.45, 7) is 2.39. The smallest absolute Gasteiger partial charge is 0.366 e. The third-order valence-electron chi connectivity index (χ3n) is 7.27. The van der Waals surface area contributed by atoms with Crippen LogP contribution in [0.2, 0.25) is 0 Å². The Morgan fingerprint density at radius 3 is 2.40 bits per heavy atom. The van der Waals surface area contributed by atoms with E-state index in [2.05, 4.69) is 15.1 Å². The van der Waals surface area contributed by atoms with Crippen molar-refractivity contribution in [3.8, 4) is 11.4 Å². The molecule has 1 aromatic carbocycles. The highest BCUT2D eigenvalue weighted by atomic mass is 19.4. The van der Waals surface area contributed by atoms with Gasteiger partial charge in [-0.05, 0) is 48.8 Å². The van der Waals surface area contributed by atoms with Crippen LogP contribution in [0.4, 0.5) is 36.4 Å². The maximum atomic E-state index is 14.9. The topological polar surface area (TPSA) is 96.8 Å². The molecule has 2 atom stereocenters. The molecule has 42 heavy (non-hydrogen) atoms. The number of hydrogen-bond acceptors (Lipinski definition) is 6. The molecule has 0 spiro atoms. The van der Waals surface area contributed by atoms with Crippen LogP contribution in [-0.2, 0) is 18.9 Å². The SMILES string of the molecule is C[C@@H]1C[C@@H](CCCn2ccc3cc(-c4ncc(C(F)(F)F)cn4)c(F)cc3c2=O)N(c2cn[nH]c(=O)c2C(F)(F)F)C1. The van der Waals surface area contributed by atoms with Gasteiger partial charge in [0.05, 0.1) is 28.4 Å². The van der Waals surface area contributed by atoms with E-state index in [1.807, 2.05) is 12.0 Å². The van der Waals surface area contributed by atoms with Crippen molar-refractivity contribution in [3.05, 3.63) is 80.6 Å². The van der Waals surface area contributed by atoms with Crippen molar-refractivity contribution in [1.82, 2.24) is 24.7 Å². The average molecular weight is 597 g/mol. The Morgan fingerprint density at radius 2 is 1.74 bits per heavy atom. The van der Waals surface area contributed by atoms with Gasteiger partial charge in [-0.3, -0.25) is 9.59 Å². The van der Waals surface area contributed by atoms with E-state index in [1.54, 1.807) is 11.0 Å². The van der Waals surface area contributed by atoms with Crippen LogP contribution in [0, 0.1) is 11.7 Å². The van der Waals surface area contributed by atoms with Crippen LogP contribution in [0.1, 0.15) is 37.3 Å². The number of aromatic amines is 1. The molecular formula is C27H23F7N6O2. The van der Waals surface area contributed by atoms with E-state index in [1.165, 1.54) is 16.8 Å². The quantitative estimate of drug-likeness (QED) is 0.299. The summed E-state index contributed by atoms with van der Waals surface area (Å²) in [5.41, 5.74) is -4.67. The number of nitrogens with zero attached hydrogens (tertiary/aromatic N) is 5. The van der Waals surface area contributed by atoms with Gasteiger partial charge < -0.3 is 9.47 Å². The average Bonchev–Trinajstić information content (AvgIpc) is 3.29. The van der Waals surface area contributed by atoms with E-state index < -0.39 is 40.4 Å². The van der Waals surface area contributed by atoms with Crippen molar-refractivity contribution in [2.24, 2.45) is 5.92 Å². The summed E-state index contributed by atoms with van der Waals surface area (Å²) in [7, 11) is 0. The van der Waals surface area contributed by atoms with Gasteiger partial charge in [0.15, 0.2) is 5.82 Å². The molecule has 3 aromatic heterocycles. The Bertz CT molecular complexity index is 1730. The third-order valence-corrected chi connectivity index (χ3v) is 7.27. The fraction of sp³-hybridized carbons (Fsp3) is 0.370. The molecule has 0 saturated carbocycles. The molecule has 1 aliphatic heterocycles. The van der Waals surface area contributed by atoms with Gasteiger partial charge in [0, 0.05) is 37.7 Å². The molecule has 1 N–H and O–H groups in total. The second kappa shape index (κ2) is 10.8. The summed E-state index contributed by atoms with van der Waals surface area (Å²) in [4.78, 5) is 33.8. The molecule has 1 aliphatic rings. The number of H-pyrrole nitrogens is 1. The van der Waals surface area contributed by atoms with E-state index in [0.717, 1.165) is 12.3 Å². The number of anilines is 1. The predicted octanol–water partition coefficient (Wildman–Crippen LogP) is 5.41. The number of rotatable bonds is 6. The van der Waals surface area contributed by atoms with Gasteiger partial charge in [0.25, 0.3) is 11.1 Å². The van der Waals surface area contributed by atoms with E-state index >= 15 is 0 Å². The number of hydrogen-bond donors (Lipinski definition) is 1. The molecule has 15 heteroatoms. The van der Waals surface area contributed by atoms with E-state index in [0.29, 0.717) is 43.6 Å². The Kier molecular flexibility index (Phi) is 7.53. The largest absolute Gasteiger partial charge is 0.423 e. The maximum absolute atomic E-state index is 14.9. The van der Waals surface area contributed by atoms with Gasteiger partial charge >= 0.3 is 12.4 Å². The molecule has 0 amide bonds. The van der Waals surface area contributed by atoms with Crippen molar-refractivity contribution in [1.29, 1.82) is 0 Å². The number of aromatic nitrogens is 5. The molecule has 0 radical (unpaired) electrons. The minimum Gasteiger partial charge on any atom is -0.366 e. The predicted molar refractivity (Wildman–Crippen MR) is 138 cm³/mol. The zero-order chi connectivity index (χ0) is 30.4. The van der Waals surface area contributed by atoms with Crippen LogP contribution in [-0.4, -0.2) is 37.3 Å². The highest BCUT2D eigenvalue weighted by molar-refractivity contribution is 5.86. The fourth-order valence-corrected chi connectivity index (χ4v) is 5.36. The van der Waals surface area contributed by atoms with Gasteiger partial charge in [-0.1, -0.05) is 6.92 Å². The van der Waals surface area contributed by atoms with Crippen molar-refractivity contribution >= 4 is 16.5 Å². The highest BCUT2D eigenvalue weighted by Crippen LogP contribution is 2.38. The van der Waals surface area contributed by atoms with Crippen molar-refractivity contribution < 1.29 is 30.7 Å². The molecule has 222 valence electrons. The zero-order valence-corrected chi connectivity index (χ0v) is 21.9. The number of nitrogens with one attached hydrogen (secondary N) is 1. The van der Waals surface area contributed by atoms with Crippen LogP contribution >= 0.6 is 0 Å². The molecule has 0 bridgehead atoms. The first-order valence-corrected chi connectivity index (χ1v) is 12.9. The Hall–Kier alpha value is -4.30. The standard InChI is InChI=1S/C27H23F7N6O2/c1-14-7-17(40(13-14)21-12-37-38-24(41)22(21)27(32,33)34)3-2-5-39-6-4-15-8-19(20(28)9-18(15)25(39)42)23-35-10-16(11-36-23)26(29,30)31/h4,6,8-12,14,17H,2-3,5,7,13H2,1H3,(H,38,41)/t14-,17-/m1/s1. The van der Waals surface area contributed by atoms with Gasteiger partial charge in [0.1, 0.15) is 11.4 Å². The monoisotopic (exact) mass is 596 g/mol. The normalized spacial score (nSPS) is 17.8. The molecule has 5 rings (SSSR count). The van der Waals surface area contributed by atoms with Crippen molar-refractivity contribution in [2.45, 2.75) is 51.1 Å². The first-order chi connectivity index (χ1) is 19.7. The lowest BCUT2D eigenvalue weighted by Crippen LogP contribution is -2.35. The van der Waals surface area contributed by atoms with Gasteiger partial charge in [0.2, 0.25) is 0 Å². The molecule has 1 fully saturated rings.